The van der Waals surface area contributed by atoms with E-state index in [1.807, 2.05) is 0 Å². The Kier molecular flexibility index (Phi) is 8.18. The molecule has 4 N–H and O–H groups in total. The van der Waals surface area contributed by atoms with Crippen molar-refractivity contribution in [1.82, 2.24) is 16.2 Å². The van der Waals surface area contributed by atoms with E-state index in [9.17, 15) is 18.8 Å². The Bertz CT molecular complexity index is 957. The molecule has 0 heterocycles. The summed E-state index contributed by atoms with van der Waals surface area (Å²) in [6, 6.07) is 11.9. The highest BCUT2D eigenvalue weighted by Gasteiger charge is 2.09. The van der Waals surface area contributed by atoms with Gasteiger partial charge in [0.15, 0.2) is 5.11 Å². The second-order valence-corrected chi connectivity index (χ2v) is 6.91. The number of hydrogen-bond donors (Lipinski definition) is 4. The van der Waals surface area contributed by atoms with E-state index >= 15 is 0 Å². The van der Waals surface area contributed by atoms with Crippen LogP contribution >= 0.6 is 12.2 Å². The Morgan fingerprint density at radius 3 is 2.20 bits per heavy atom. The van der Waals surface area contributed by atoms with Crippen LogP contribution in [-0.4, -0.2) is 22.8 Å². The lowest BCUT2D eigenvalue weighted by Gasteiger charge is -2.11. The second-order valence-electron chi connectivity index (χ2n) is 6.50. The SMILES string of the molecule is CC(C)C(=O)Nc1ccc(C(=O)NNC(=S)NC(=O)/C=C/c2ccc(F)cc2)cc1. The molecule has 0 aliphatic carbocycles. The maximum atomic E-state index is 12.8. The van der Waals surface area contributed by atoms with Crippen molar-refractivity contribution in [3.05, 3.63) is 71.6 Å². The number of nitrogens with one attached hydrogen (secondary N) is 4. The molecule has 7 nitrogen and oxygen atoms in total. The molecule has 9 heteroatoms. The van der Waals surface area contributed by atoms with Crippen LogP contribution in [0, 0.1) is 11.7 Å². The lowest BCUT2D eigenvalue weighted by Crippen LogP contribution is -2.48. The number of amides is 3. The largest absolute Gasteiger partial charge is 0.326 e. The molecule has 0 aliphatic rings. The average molecular weight is 428 g/mol. The van der Waals surface area contributed by atoms with Gasteiger partial charge in [-0.1, -0.05) is 26.0 Å². The van der Waals surface area contributed by atoms with Crippen molar-refractivity contribution in [2.24, 2.45) is 5.92 Å². The number of thiocarbonyl (C=S) groups is 1. The minimum Gasteiger partial charge on any atom is -0.326 e. The fraction of sp³-hybridized carbons (Fsp3) is 0.143. The van der Waals surface area contributed by atoms with E-state index in [0.29, 0.717) is 16.8 Å². The molecule has 0 aromatic heterocycles. The Balaban J connectivity index is 1.79. The number of halogens is 1. The number of benzene rings is 2. The molecule has 0 atom stereocenters. The standard InChI is InChI=1S/C21H21FN4O3S/c1-13(2)19(28)23-17-10-6-15(7-11-17)20(29)25-26-21(30)24-18(27)12-5-14-3-8-16(22)9-4-14/h3-13H,1-2H3,(H,23,28)(H,25,29)(H2,24,26,27,30)/b12-5+. The first-order valence-electron chi connectivity index (χ1n) is 9.00. The van der Waals surface area contributed by atoms with Gasteiger partial charge in [0.25, 0.3) is 5.91 Å². The number of hydrogen-bond acceptors (Lipinski definition) is 4. The van der Waals surface area contributed by atoms with E-state index in [4.69, 9.17) is 12.2 Å². The fourth-order valence-corrected chi connectivity index (χ4v) is 2.26. The summed E-state index contributed by atoms with van der Waals surface area (Å²) in [4.78, 5) is 35.6. The first-order chi connectivity index (χ1) is 14.2. The fourth-order valence-electron chi connectivity index (χ4n) is 2.11. The molecule has 0 aliphatic heterocycles. The predicted molar refractivity (Wildman–Crippen MR) is 117 cm³/mol. The lowest BCUT2D eigenvalue weighted by molar-refractivity contribution is -0.119. The summed E-state index contributed by atoms with van der Waals surface area (Å²) in [6.07, 6.45) is 2.73. The van der Waals surface area contributed by atoms with Crippen LogP contribution in [0.2, 0.25) is 0 Å². The molecule has 2 aromatic carbocycles. The summed E-state index contributed by atoms with van der Waals surface area (Å²) < 4.78 is 12.8. The van der Waals surface area contributed by atoms with Crippen molar-refractivity contribution < 1.29 is 18.8 Å². The smallest absolute Gasteiger partial charge is 0.269 e. The molecule has 0 bridgehead atoms. The Morgan fingerprint density at radius 1 is 0.967 bits per heavy atom. The number of anilines is 1. The highest BCUT2D eigenvalue weighted by Crippen LogP contribution is 2.11. The van der Waals surface area contributed by atoms with Crippen LogP contribution in [0.3, 0.4) is 0 Å². The monoisotopic (exact) mass is 428 g/mol. The summed E-state index contributed by atoms with van der Waals surface area (Å²) >= 11 is 4.95. The van der Waals surface area contributed by atoms with E-state index in [2.05, 4.69) is 21.5 Å². The maximum absolute atomic E-state index is 12.8. The minimum atomic E-state index is -0.517. The zero-order chi connectivity index (χ0) is 22.1. The van der Waals surface area contributed by atoms with Gasteiger partial charge >= 0.3 is 0 Å². The second kappa shape index (κ2) is 10.8. The number of rotatable bonds is 5. The molecule has 0 unspecified atom stereocenters. The van der Waals surface area contributed by atoms with Gasteiger partial charge in [0, 0.05) is 23.2 Å². The quantitative estimate of drug-likeness (QED) is 0.333. The summed E-state index contributed by atoms with van der Waals surface area (Å²) in [7, 11) is 0. The first kappa shape index (κ1) is 22.7. The molecule has 0 radical (unpaired) electrons. The van der Waals surface area contributed by atoms with Crippen molar-refractivity contribution in [3.63, 3.8) is 0 Å². The Morgan fingerprint density at radius 2 is 1.60 bits per heavy atom. The van der Waals surface area contributed by atoms with Gasteiger partial charge in [-0.25, -0.2) is 4.39 Å². The normalized spacial score (nSPS) is 10.5. The molecule has 0 saturated carbocycles. The average Bonchev–Trinajstić information content (AvgIpc) is 2.72. The van der Waals surface area contributed by atoms with Crippen LogP contribution in [0.5, 0.6) is 0 Å². The van der Waals surface area contributed by atoms with E-state index in [1.54, 1.807) is 38.1 Å². The number of hydrazine groups is 1. The zero-order valence-electron chi connectivity index (χ0n) is 16.4. The van der Waals surface area contributed by atoms with Gasteiger partial charge in [-0.05, 0) is 60.3 Å². The Hall–Kier alpha value is -3.59. The van der Waals surface area contributed by atoms with Gasteiger partial charge in [0.2, 0.25) is 11.8 Å². The third-order valence-electron chi connectivity index (χ3n) is 3.76. The summed E-state index contributed by atoms with van der Waals surface area (Å²) in [5.74, 6) is -1.64. The van der Waals surface area contributed by atoms with Crippen LogP contribution < -0.4 is 21.5 Å². The van der Waals surface area contributed by atoms with Gasteiger partial charge in [0.1, 0.15) is 5.82 Å². The van der Waals surface area contributed by atoms with E-state index in [-0.39, 0.29) is 22.8 Å². The molecule has 0 spiro atoms. The van der Waals surface area contributed by atoms with Crippen molar-refractivity contribution in [3.8, 4) is 0 Å². The van der Waals surface area contributed by atoms with E-state index in [0.717, 1.165) is 0 Å². The van der Waals surface area contributed by atoms with E-state index in [1.165, 1.54) is 36.4 Å². The van der Waals surface area contributed by atoms with Crippen LogP contribution in [0.25, 0.3) is 6.08 Å². The maximum Gasteiger partial charge on any atom is 0.269 e. The third kappa shape index (κ3) is 7.44. The zero-order valence-corrected chi connectivity index (χ0v) is 17.2. The van der Waals surface area contributed by atoms with Crippen molar-refractivity contribution >= 4 is 46.8 Å². The lowest BCUT2D eigenvalue weighted by atomic mass is 10.1. The predicted octanol–water partition coefficient (Wildman–Crippen LogP) is 2.77. The first-order valence-corrected chi connectivity index (χ1v) is 9.41. The molecule has 0 fully saturated rings. The van der Waals surface area contributed by atoms with Gasteiger partial charge in [-0.3, -0.25) is 30.6 Å². The summed E-state index contributed by atoms with van der Waals surface area (Å²) in [6.45, 7) is 3.56. The van der Waals surface area contributed by atoms with Crippen LogP contribution in [0.1, 0.15) is 29.8 Å². The molecule has 156 valence electrons. The molecular weight excluding hydrogens is 407 g/mol. The summed E-state index contributed by atoms with van der Waals surface area (Å²) in [5.41, 5.74) is 6.34. The molecule has 2 aromatic rings. The van der Waals surface area contributed by atoms with Crippen LogP contribution in [-0.2, 0) is 9.59 Å². The van der Waals surface area contributed by atoms with Crippen molar-refractivity contribution in [2.45, 2.75) is 13.8 Å². The van der Waals surface area contributed by atoms with Gasteiger partial charge < -0.3 is 5.32 Å². The number of carbonyl (C=O) groups is 3. The van der Waals surface area contributed by atoms with Crippen LogP contribution in [0.15, 0.2) is 54.6 Å². The minimum absolute atomic E-state index is 0.0991. The van der Waals surface area contributed by atoms with Gasteiger partial charge in [0.05, 0.1) is 0 Å². The van der Waals surface area contributed by atoms with Gasteiger partial charge in [-0.2, -0.15) is 0 Å². The molecule has 2 rings (SSSR count). The third-order valence-corrected chi connectivity index (χ3v) is 3.97. The highest BCUT2D eigenvalue weighted by molar-refractivity contribution is 7.80. The molecule has 3 amide bonds. The molecular formula is C21H21FN4O3S. The van der Waals surface area contributed by atoms with Crippen LogP contribution in [0.4, 0.5) is 10.1 Å². The Labute approximate surface area is 178 Å². The molecule has 30 heavy (non-hydrogen) atoms. The van der Waals surface area contributed by atoms with Crippen molar-refractivity contribution in [1.29, 1.82) is 0 Å². The molecule has 0 saturated heterocycles. The highest BCUT2D eigenvalue weighted by atomic mass is 32.1. The topological polar surface area (TPSA) is 99.3 Å². The number of carbonyl (C=O) groups excluding carboxylic acids is 3. The van der Waals surface area contributed by atoms with Crippen molar-refractivity contribution in [2.75, 3.05) is 5.32 Å². The van der Waals surface area contributed by atoms with Gasteiger partial charge in [-0.15, -0.1) is 0 Å². The summed E-state index contributed by atoms with van der Waals surface area (Å²) in [5, 5.41) is 5.00. The van der Waals surface area contributed by atoms with E-state index < -0.39 is 11.8 Å².